The number of esters is 1. The lowest BCUT2D eigenvalue weighted by atomic mass is 9.97. The van der Waals surface area contributed by atoms with E-state index >= 15 is 0 Å². The second-order valence-corrected chi connectivity index (χ2v) is 7.12. The predicted octanol–water partition coefficient (Wildman–Crippen LogP) is 0.758. The van der Waals surface area contributed by atoms with Crippen LogP contribution in [0.5, 0.6) is 0 Å². The number of methoxy groups -OCH3 is 1. The van der Waals surface area contributed by atoms with E-state index in [1.165, 1.54) is 5.51 Å². The number of rotatable bonds is 5. The fourth-order valence-electron chi connectivity index (χ4n) is 1.04. The Hall–Kier alpha value is -1.50. The summed E-state index contributed by atoms with van der Waals surface area (Å²) in [5.74, 6) is -0.818. The number of hydrogen-bond donors (Lipinski definition) is 1. The highest BCUT2D eigenvalue weighted by molar-refractivity contribution is 7.91. The summed E-state index contributed by atoms with van der Waals surface area (Å²) >= 11 is 0.813. The van der Waals surface area contributed by atoms with Gasteiger partial charge in [-0.05, 0) is 13.8 Å². The van der Waals surface area contributed by atoms with Gasteiger partial charge in [0.2, 0.25) is 0 Å². The van der Waals surface area contributed by atoms with Gasteiger partial charge in [0, 0.05) is 6.54 Å². The number of carbonyl (C=O) groups excluding carboxylic acids is 1. The number of nitrogens with one attached hydrogen (secondary N) is 1. The van der Waals surface area contributed by atoms with E-state index in [9.17, 15) is 13.2 Å². The van der Waals surface area contributed by atoms with Crippen molar-refractivity contribution in [3.63, 3.8) is 0 Å². The molecule has 7 nitrogen and oxygen atoms in total. The summed E-state index contributed by atoms with van der Waals surface area (Å²) < 4.78 is 30.6. The molecule has 104 valence electrons. The molecule has 1 heterocycles. The molecule has 1 aromatic rings. The van der Waals surface area contributed by atoms with Gasteiger partial charge in [0.05, 0.1) is 24.1 Å². The normalized spacial score (nSPS) is 11.9. The van der Waals surface area contributed by atoms with Crippen LogP contribution in [-0.2, 0) is 14.8 Å². The SMILES string of the molecule is COC(=O)c1ncsc1S(=O)(=O)NCC(C)(C)C#N. The van der Waals surface area contributed by atoms with E-state index in [0.717, 1.165) is 18.4 Å². The number of nitriles is 1. The quantitative estimate of drug-likeness (QED) is 0.804. The lowest BCUT2D eigenvalue weighted by Crippen LogP contribution is -2.33. The van der Waals surface area contributed by atoms with Gasteiger partial charge in [-0.25, -0.2) is 22.9 Å². The second-order valence-electron chi connectivity index (χ2n) is 4.30. The van der Waals surface area contributed by atoms with Crippen LogP contribution < -0.4 is 4.72 Å². The molecule has 19 heavy (non-hydrogen) atoms. The first-order valence-corrected chi connectivity index (χ1v) is 7.52. The van der Waals surface area contributed by atoms with Crippen LogP contribution in [0.1, 0.15) is 24.3 Å². The predicted molar refractivity (Wildman–Crippen MR) is 68.0 cm³/mol. The monoisotopic (exact) mass is 303 g/mol. The van der Waals surface area contributed by atoms with Gasteiger partial charge >= 0.3 is 5.97 Å². The molecule has 0 aromatic carbocycles. The largest absolute Gasteiger partial charge is 0.464 e. The maximum absolute atomic E-state index is 12.0. The van der Waals surface area contributed by atoms with Gasteiger partial charge in [0.25, 0.3) is 10.0 Å². The summed E-state index contributed by atoms with van der Waals surface area (Å²) in [6.45, 7) is 3.14. The van der Waals surface area contributed by atoms with E-state index in [-0.39, 0.29) is 16.4 Å². The Bertz CT molecular complexity index is 613. The number of aromatic nitrogens is 1. The molecule has 0 spiro atoms. The third-order valence-corrected chi connectivity index (χ3v) is 4.94. The van der Waals surface area contributed by atoms with E-state index in [1.54, 1.807) is 13.8 Å². The van der Waals surface area contributed by atoms with Crippen molar-refractivity contribution in [3.05, 3.63) is 11.2 Å². The Morgan fingerprint density at radius 3 is 2.79 bits per heavy atom. The zero-order valence-electron chi connectivity index (χ0n) is 10.6. The molecule has 0 atom stereocenters. The van der Waals surface area contributed by atoms with Crippen molar-refractivity contribution in [2.75, 3.05) is 13.7 Å². The average Bonchev–Trinajstić information content (AvgIpc) is 2.86. The molecule has 0 amide bonds. The van der Waals surface area contributed by atoms with Crippen molar-refractivity contribution in [1.82, 2.24) is 9.71 Å². The Morgan fingerprint density at radius 1 is 1.63 bits per heavy atom. The Balaban J connectivity index is 3.00. The Labute approximate surface area is 115 Å². The van der Waals surface area contributed by atoms with Gasteiger partial charge in [-0.15, -0.1) is 11.3 Å². The average molecular weight is 303 g/mol. The summed E-state index contributed by atoms with van der Waals surface area (Å²) in [6.07, 6.45) is 0. The van der Waals surface area contributed by atoms with E-state index in [2.05, 4.69) is 14.4 Å². The number of carbonyl (C=O) groups is 1. The van der Waals surface area contributed by atoms with Crippen molar-refractivity contribution in [1.29, 1.82) is 5.26 Å². The van der Waals surface area contributed by atoms with E-state index in [4.69, 9.17) is 5.26 Å². The topological polar surface area (TPSA) is 109 Å². The minimum absolute atomic E-state index is 0.0651. The number of hydrogen-bond acceptors (Lipinski definition) is 7. The molecule has 0 aliphatic rings. The number of thiazole rings is 1. The summed E-state index contributed by atoms with van der Waals surface area (Å²) in [4.78, 5) is 15.1. The van der Waals surface area contributed by atoms with Crippen LogP contribution in [-0.4, -0.2) is 33.0 Å². The van der Waals surface area contributed by atoms with Crippen molar-refractivity contribution >= 4 is 27.3 Å². The van der Waals surface area contributed by atoms with Gasteiger partial charge in [-0.2, -0.15) is 5.26 Å². The van der Waals surface area contributed by atoms with Crippen LogP contribution in [0.2, 0.25) is 0 Å². The minimum Gasteiger partial charge on any atom is -0.464 e. The van der Waals surface area contributed by atoms with Crippen LogP contribution >= 0.6 is 11.3 Å². The van der Waals surface area contributed by atoms with Crippen LogP contribution in [0.4, 0.5) is 0 Å². The van der Waals surface area contributed by atoms with Crippen molar-refractivity contribution in [2.24, 2.45) is 5.41 Å². The third-order valence-electron chi connectivity index (χ3n) is 2.16. The molecule has 0 aliphatic heterocycles. The van der Waals surface area contributed by atoms with E-state index in [0.29, 0.717) is 0 Å². The molecule has 0 saturated heterocycles. The molecule has 0 unspecified atom stereocenters. The summed E-state index contributed by atoms with van der Waals surface area (Å²) in [7, 11) is -2.75. The summed E-state index contributed by atoms with van der Waals surface area (Å²) in [6, 6.07) is 1.98. The minimum atomic E-state index is -3.89. The van der Waals surface area contributed by atoms with Gasteiger partial charge in [-0.3, -0.25) is 0 Å². The standard InChI is InChI=1S/C10H13N3O4S2/c1-10(2,4-11)5-13-19(15,16)9-7(8(14)17-3)12-6-18-9/h6,13H,5H2,1-3H3. The first-order chi connectivity index (χ1) is 8.73. The molecule has 0 aliphatic carbocycles. The van der Waals surface area contributed by atoms with Crippen LogP contribution in [0.25, 0.3) is 0 Å². The Morgan fingerprint density at radius 2 is 2.26 bits per heavy atom. The van der Waals surface area contributed by atoms with E-state index < -0.39 is 21.4 Å². The zero-order chi connectivity index (χ0) is 14.7. The molecule has 1 N–H and O–H groups in total. The lowest BCUT2D eigenvalue weighted by Gasteiger charge is -2.15. The molecular weight excluding hydrogens is 290 g/mol. The molecule has 0 bridgehead atoms. The van der Waals surface area contributed by atoms with Crippen molar-refractivity contribution < 1.29 is 17.9 Å². The van der Waals surface area contributed by atoms with Crippen LogP contribution in [0.3, 0.4) is 0 Å². The van der Waals surface area contributed by atoms with Crippen LogP contribution in [0, 0.1) is 16.7 Å². The molecule has 1 aromatic heterocycles. The smallest absolute Gasteiger partial charge is 0.358 e. The summed E-state index contributed by atoms with van der Waals surface area (Å²) in [5, 5.41) is 8.83. The second kappa shape index (κ2) is 5.64. The highest BCUT2D eigenvalue weighted by Gasteiger charge is 2.28. The first kappa shape index (κ1) is 15.6. The van der Waals surface area contributed by atoms with Crippen LogP contribution in [0.15, 0.2) is 9.72 Å². The molecule has 1 rings (SSSR count). The Kier molecular flexibility index (Phi) is 4.62. The maximum Gasteiger partial charge on any atom is 0.358 e. The summed E-state index contributed by atoms with van der Waals surface area (Å²) in [5.41, 5.74) is 0.147. The first-order valence-electron chi connectivity index (χ1n) is 5.16. The molecular formula is C10H13N3O4S2. The van der Waals surface area contributed by atoms with Gasteiger partial charge in [0.15, 0.2) is 9.90 Å². The third kappa shape index (κ3) is 3.73. The number of nitrogens with zero attached hydrogens (tertiary/aromatic N) is 2. The number of ether oxygens (including phenoxy) is 1. The van der Waals surface area contributed by atoms with Gasteiger partial charge < -0.3 is 4.74 Å². The van der Waals surface area contributed by atoms with Crippen molar-refractivity contribution in [3.8, 4) is 6.07 Å². The molecule has 0 radical (unpaired) electrons. The van der Waals surface area contributed by atoms with Crippen molar-refractivity contribution in [2.45, 2.75) is 18.1 Å². The molecule has 9 heteroatoms. The number of sulfonamides is 1. The maximum atomic E-state index is 12.0. The fraction of sp³-hybridized carbons (Fsp3) is 0.500. The molecule has 0 saturated carbocycles. The van der Waals surface area contributed by atoms with Gasteiger partial charge in [-0.1, -0.05) is 0 Å². The molecule has 0 fully saturated rings. The zero-order valence-corrected chi connectivity index (χ0v) is 12.3. The van der Waals surface area contributed by atoms with Gasteiger partial charge in [0.1, 0.15) is 0 Å². The highest BCUT2D eigenvalue weighted by Crippen LogP contribution is 2.21. The highest BCUT2D eigenvalue weighted by atomic mass is 32.2. The lowest BCUT2D eigenvalue weighted by molar-refractivity contribution is 0.0590. The fourth-order valence-corrected chi connectivity index (χ4v) is 3.43. The van der Waals surface area contributed by atoms with E-state index in [1.807, 2.05) is 6.07 Å².